The lowest BCUT2D eigenvalue weighted by Crippen LogP contribution is -2.37. The van der Waals surface area contributed by atoms with Crippen molar-refractivity contribution in [2.45, 2.75) is 6.10 Å². The Morgan fingerprint density at radius 3 is 2.38 bits per heavy atom. The van der Waals surface area contributed by atoms with Gasteiger partial charge >= 0.3 is 6.09 Å². The predicted octanol–water partition coefficient (Wildman–Crippen LogP) is 0.539. The number of nitrogens with two attached hydrogens (primary N) is 1. The number of cyclic esters (lactones) is 1. The molecule has 2 aliphatic rings. The van der Waals surface area contributed by atoms with Gasteiger partial charge in [0.05, 0.1) is 6.54 Å². The molecule has 0 radical (unpaired) electrons. The molecule has 0 aromatic heterocycles. The Labute approximate surface area is 126 Å². The van der Waals surface area contributed by atoms with E-state index in [1.54, 1.807) is 4.90 Å². The zero-order chi connectivity index (χ0) is 14.8. The van der Waals surface area contributed by atoms with Crippen LogP contribution in [0.2, 0.25) is 0 Å². The van der Waals surface area contributed by atoms with Gasteiger partial charge in [-0.3, -0.25) is 9.11 Å². The largest absolute Gasteiger partial charge is 0.443 e. The van der Waals surface area contributed by atoms with E-state index in [4.69, 9.17) is 10.5 Å². The third-order valence-corrected chi connectivity index (χ3v) is 5.12. The molecule has 2 saturated heterocycles. The van der Waals surface area contributed by atoms with Gasteiger partial charge in [0.1, 0.15) is 6.10 Å². The van der Waals surface area contributed by atoms with Crippen molar-refractivity contribution >= 4 is 28.3 Å². The lowest BCUT2D eigenvalue weighted by atomic mass is 10.2. The summed E-state index contributed by atoms with van der Waals surface area (Å²) in [6.45, 7) is 2.46. The number of hydrogen-bond donors (Lipinski definition) is 1. The number of anilines is 2. The van der Waals surface area contributed by atoms with Crippen LogP contribution < -0.4 is 15.5 Å². The van der Waals surface area contributed by atoms with Crippen LogP contribution >= 0.6 is 0 Å². The van der Waals surface area contributed by atoms with E-state index in [1.807, 2.05) is 24.3 Å². The maximum Gasteiger partial charge on any atom is 0.414 e. The molecule has 1 amide bonds. The molecule has 0 spiro atoms. The molecule has 1 atom stereocenters. The molecule has 7 heteroatoms. The van der Waals surface area contributed by atoms with Crippen LogP contribution in [-0.2, 0) is 15.5 Å². The monoisotopic (exact) mass is 309 g/mol. The van der Waals surface area contributed by atoms with E-state index in [1.165, 1.54) is 0 Å². The van der Waals surface area contributed by atoms with Crippen LogP contribution in [-0.4, -0.2) is 54.1 Å². The van der Waals surface area contributed by atoms with Gasteiger partial charge in [0.25, 0.3) is 0 Å². The Balaban J connectivity index is 1.69. The van der Waals surface area contributed by atoms with Gasteiger partial charge in [-0.1, -0.05) is 0 Å². The fourth-order valence-electron chi connectivity index (χ4n) is 2.59. The summed E-state index contributed by atoms with van der Waals surface area (Å²) in [5, 5.41) is 0. The highest BCUT2D eigenvalue weighted by Crippen LogP contribution is 2.25. The number of carbonyl (C=O) groups is 1. The van der Waals surface area contributed by atoms with Crippen molar-refractivity contribution in [3.05, 3.63) is 24.3 Å². The predicted molar refractivity (Wildman–Crippen MR) is 83.2 cm³/mol. The molecule has 21 heavy (non-hydrogen) atoms. The molecule has 3 rings (SSSR count). The summed E-state index contributed by atoms with van der Waals surface area (Å²) in [7, 11) is -0.674. The van der Waals surface area contributed by atoms with Gasteiger partial charge in [-0.2, -0.15) is 0 Å². The number of carbonyl (C=O) groups excluding carboxylic acids is 1. The number of rotatable bonds is 3. The maximum atomic E-state index is 11.8. The van der Waals surface area contributed by atoms with Gasteiger partial charge in [-0.05, 0) is 24.3 Å². The Bertz CT molecular complexity index is 539. The van der Waals surface area contributed by atoms with Gasteiger partial charge < -0.3 is 15.4 Å². The fourth-order valence-corrected chi connectivity index (χ4v) is 3.65. The Hall–Kier alpha value is -1.60. The summed E-state index contributed by atoms with van der Waals surface area (Å²) in [6.07, 6.45) is -0.569. The van der Waals surface area contributed by atoms with Gasteiger partial charge in [0, 0.05) is 53.3 Å². The van der Waals surface area contributed by atoms with Gasteiger partial charge in [0.15, 0.2) is 0 Å². The topological polar surface area (TPSA) is 75.9 Å². The first kappa shape index (κ1) is 14.3. The molecule has 2 heterocycles. The van der Waals surface area contributed by atoms with Crippen LogP contribution in [0.4, 0.5) is 16.2 Å². The van der Waals surface area contributed by atoms with Crippen molar-refractivity contribution < 1.29 is 13.7 Å². The minimum Gasteiger partial charge on any atom is -0.443 e. The lowest BCUT2D eigenvalue weighted by Gasteiger charge is -2.28. The van der Waals surface area contributed by atoms with Crippen molar-refractivity contribution in [1.82, 2.24) is 0 Å². The first-order valence-electron chi connectivity index (χ1n) is 7.05. The van der Waals surface area contributed by atoms with Crippen molar-refractivity contribution in [2.75, 3.05) is 47.5 Å². The highest BCUT2D eigenvalue weighted by Gasteiger charge is 2.31. The minimum atomic E-state index is -0.674. The van der Waals surface area contributed by atoms with Crippen LogP contribution in [0.25, 0.3) is 0 Å². The summed E-state index contributed by atoms with van der Waals surface area (Å²) in [4.78, 5) is 15.6. The summed E-state index contributed by atoms with van der Waals surface area (Å²) in [5.74, 6) is 1.44. The molecule has 2 N–H and O–H groups in total. The Morgan fingerprint density at radius 2 is 1.81 bits per heavy atom. The van der Waals surface area contributed by atoms with Crippen molar-refractivity contribution in [3.63, 3.8) is 0 Å². The van der Waals surface area contributed by atoms with E-state index >= 15 is 0 Å². The molecule has 6 nitrogen and oxygen atoms in total. The van der Waals surface area contributed by atoms with Crippen LogP contribution in [0.3, 0.4) is 0 Å². The van der Waals surface area contributed by atoms with E-state index < -0.39 is 10.8 Å². The highest BCUT2D eigenvalue weighted by molar-refractivity contribution is 7.85. The van der Waals surface area contributed by atoms with Gasteiger partial charge in [-0.25, -0.2) is 4.79 Å². The van der Waals surface area contributed by atoms with Crippen molar-refractivity contribution in [3.8, 4) is 0 Å². The summed E-state index contributed by atoms with van der Waals surface area (Å²) < 4.78 is 16.5. The molecular weight excluding hydrogens is 290 g/mol. The smallest absolute Gasteiger partial charge is 0.414 e. The van der Waals surface area contributed by atoms with Crippen LogP contribution in [0.1, 0.15) is 0 Å². The highest BCUT2D eigenvalue weighted by atomic mass is 32.2. The van der Waals surface area contributed by atoms with Gasteiger partial charge in [-0.15, -0.1) is 0 Å². The third-order valence-electron chi connectivity index (χ3n) is 3.84. The first-order chi connectivity index (χ1) is 10.2. The molecule has 1 aromatic carbocycles. The lowest BCUT2D eigenvalue weighted by molar-refractivity contribution is 0.145. The molecule has 2 aliphatic heterocycles. The molecule has 1 aromatic rings. The van der Waals surface area contributed by atoms with Crippen molar-refractivity contribution in [2.24, 2.45) is 5.73 Å². The summed E-state index contributed by atoms with van der Waals surface area (Å²) >= 11 is 0. The van der Waals surface area contributed by atoms with E-state index in [-0.39, 0.29) is 12.2 Å². The molecule has 0 unspecified atom stereocenters. The number of hydrogen-bond acceptors (Lipinski definition) is 5. The van der Waals surface area contributed by atoms with E-state index in [9.17, 15) is 9.00 Å². The van der Waals surface area contributed by atoms with Crippen LogP contribution in [0.15, 0.2) is 24.3 Å². The molecule has 0 bridgehead atoms. The van der Waals surface area contributed by atoms with Crippen molar-refractivity contribution in [1.29, 1.82) is 0 Å². The van der Waals surface area contributed by atoms with Crippen LogP contribution in [0, 0.1) is 0 Å². The SMILES string of the molecule is NC[C@H]1CN(c2ccc(N3CCS(=O)CC3)cc2)C(=O)O1. The molecule has 0 saturated carbocycles. The molecule has 2 fully saturated rings. The molecule has 114 valence electrons. The average molecular weight is 309 g/mol. The Kier molecular flexibility index (Phi) is 4.12. The standard InChI is InChI=1S/C14H19N3O3S/c15-9-13-10-17(14(18)20-13)12-3-1-11(2-4-12)16-5-7-21(19)8-6-16/h1-4,13H,5-10,15H2/t13-/m0/s1. The average Bonchev–Trinajstić information content (AvgIpc) is 2.89. The second-order valence-electron chi connectivity index (χ2n) is 5.20. The summed E-state index contributed by atoms with van der Waals surface area (Å²) in [5.41, 5.74) is 7.45. The van der Waals surface area contributed by atoms with E-state index in [2.05, 4.69) is 4.90 Å². The van der Waals surface area contributed by atoms with E-state index in [0.717, 1.165) is 36.0 Å². The molecule has 0 aliphatic carbocycles. The number of benzene rings is 1. The zero-order valence-electron chi connectivity index (χ0n) is 11.7. The summed E-state index contributed by atoms with van der Waals surface area (Å²) in [6, 6.07) is 7.82. The third kappa shape index (κ3) is 3.03. The number of amides is 1. The normalized spacial score (nSPS) is 23.5. The quantitative estimate of drug-likeness (QED) is 0.882. The zero-order valence-corrected chi connectivity index (χ0v) is 12.6. The second-order valence-corrected chi connectivity index (χ2v) is 6.90. The number of nitrogens with zero attached hydrogens (tertiary/aromatic N) is 2. The minimum absolute atomic E-state index is 0.228. The first-order valence-corrected chi connectivity index (χ1v) is 8.54. The van der Waals surface area contributed by atoms with Crippen LogP contribution in [0.5, 0.6) is 0 Å². The fraction of sp³-hybridized carbons (Fsp3) is 0.500. The molecular formula is C14H19N3O3S. The second kappa shape index (κ2) is 6.03. The van der Waals surface area contributed by atoms with Gasteiger partial charge in [0.2, 0.25) is 0 Å². The maximum absolute atomic E-state index is 11.8. The van der Waals surface area contributed by atoms with E-state index in [0.29, 0.717) is 13.1 Å². The Morgan fingerprint density at radius 1 is 1.19 bits per heavy atom. The number of ether oxygens (including phenoxy) is 1.